The van der Waals surface area contributed by atoms with Crippen molar-refractivity contribution in [2.45, 2.75) is 11.1 Å². The van der Waals surface area contributed by atoms with Crippen LogP contribution >= 0.6 is 11.8 Å². The lowest BCUT2D eigenvalue weighted by molar-refractivity contribution is -0.137. The molecule has 2 N–H and O–H groups in total. The highest BCUT2D eigenvalue weighted by molar-refractivity contribution is 8.00. The maximum atomic E-state index is 12.9. The maximum Gasteiger partial charge on any atom is 0.418 e. The molecular weight excluding hydrogens is 397 g/mol. The molecule has 3 rings (SSSR count). The Morgan fingerprint density at radius 1 is 1.18 bits per heavy atom. The number of thioether (sulfide) groups is 1. The molecule has 2 aromatic carbocycles. The number of nitrogens with one attached hydrogen (secondary N) is 2. The van der Waals surface area contributed by atoms with Gasteiger partial charge in [0.1, 0.15) is 0 Å². The van der Waals surface area contributed by atoms with Gasteiger partial charge in [-0.3, -0.25) is 9.59 Å². The molecule has 0 saturated carbocycles. The molecule has 0 atom stereocenters. The third kappa shape index (κ3) is 4.63. The summed E-state index contributed by atoms with van der Waals surface area (Å²) >= 11 is 1.32. The summed E-state index contributed by atoms with van der Waals surface area (Å²) in [5.74, 6) is -1.68. The van der Waals surface area contributed by atoms with Gasteiger partial charge in [-0.2, -0.15) is 13.2 Å². The molecule has 0 saturated heterocycles. The first kappa shape index (κ1) is 19.7. The zero-order valence-electron chi connectivity index (χ0n) is 14.1. The van der Waals surface area contributed by atoms with Gasteiger partial charge in [0.25, 0.3) is 5.91 Å². The molecule has 1 aliphatic heterocycles. The van der Waals surface area contributed by atoms with Gasteiger partial charge in [0.15, 0.2) is 6.61 Å². The Morgan fingerprint density at radius 2 is 1.93 bits per heavy atom. The molecule has 6 nitrogen and oxygen atoms in total. The van der Waals surface area contributed by atoms with Gasteiger partial charge in [-0.15, -0.1) is 11.8 Å². The number of fused-ring (bicyclic) bond motifs is 1. The number of hydrogen-bond acceptors (Lipinski definition) is 5. The second-order valence-corrected chi connectivity index (χ2v) is 6.73. The first-order valence-electron chi connectivity index (χ1n) is 7.94. The minimum atomic E-state index is -4.63. The third-order valence-corrected chi connectivity index (χ3v) is 4.76. The molecule has 10 heteroatoms. The maximum absolute atomic E-state index is 12.9. The summed E-state index contributed by atoms with van der Waals surface area (Å²) in [5, 5.41) is 4.70. The van der Waals surface area contributed by atoms with Crippen LogP contribution in [0.2, 0.25) is 0 Å². The third-order valence-electron chi connectivity index (χ3n) is 3.69. The molecule has 146 valence electrons. The van der Waals surface area contributed by atoms with E-state index >= 15 is 0 Å². The zero-order chi connectivity index (χ0) is 20.3. The first-order valence-corrected chi connectivity index (χ1v) is 8.92. The van der Waals surface area contributed by atoms with Crippen molar-refractivity contribution in [3.8, 4) is 0 Å². The zero-order valence-corrected chi connectivity index (χ0v) is 14.9. The highest BCUT2D eigenvalue weighted by Crippen LogP contribution is 2.34. The average molecular weight is 410 g/mol. The number of alkyl halides is 3. The van der Waals surface area contributed by atoms with Crippen molar-refractivity contribution < 1.29 is 32.3 Å². The number of rotatable bonds is 4. The molecule has 0 spiro atoms. The van der Waals surface area contributed by atoms with Crippen LogP contribution in [0.1, 0.15) is 15.9 Å². The van der Waals surface area contributed by atoms with Gasteiger partial charge < -0.3 is 15.4 Å². The number of benzene rings is 2. The fourth-order valence-electron chi connectivity index (χ4n) is 2.45. The number of carbonyl (C=O) groups excluding carboxylic acids is 3. The van der Waals surface area contributed by atoms with Crippen LogP contribution in [0.15, 0.2) is 47.4 Å². The van der Waals surface area contributed by atoms with Gasteiger partial charge in [0.05, 0.1) is 28.3 Å². The van der Waals surface area contributed by atoms with Crippen LogP contribution in [0.3, 0.4) is 0 Å². The van der Waals surface area contributed by atoms with Crippen LogP contribution in [0, 0.1) is 0 Å². The Hall–Kier alpha value is -3.01. The minimum absolute atomic E-state index is 0.102. The fourth-order valence-corrected chi connectivity index (χ4v) is 3.24. The molecule has 0 bridgehead atoms. The van der Waals surface area contributed by atoms with E-state index in [2.05, 4.69) is 10.6 Å². The van der Waals surface area contributed by atoms with Crippen LogP contribution in [-0.2, 0) is 20.5 Å². The van der Waals surface area contributed by atoms with Crippen molar-refractivity contribution in [1.29, 1.82) is 0 Å². The van der Waals surface area contributed by atoms with Crippen molar-refractivity contribution in [2.24, 2.45) is 0 Å². The fraction of sp³-hybridized carbons (Fsp3) is 0.167. The molecule has 28 heavy (non-hydrogen) atoms. The number of halogens is 3. The molecule has 2 amide bonds. The topological polar surface area (TPSA) is 84.5 Å². The van der Waals surface area contributed by atoms with E-state index in [1.165, 1.54) is 36.0 Å². The van der Waals surface area contributed by atoms with Crippen molar-refractivity contribution >= 4 is 40.9 Å². The van der Waals surface area contributed by atoms with Crippen molar-refractivity contribution in [2.75, 3.05) is 23.0 Å². The van der Waals surface area contributed by atoms with Crippen molar-refractivity contribution in [3.05, 3.63) is 53.6 Å². The molecule has 0 radical (unpaired) electrons. The van der Waals surface area contributed by atoms with Gasteiger partial charge in [-0.25, -0.2) is 4.79 Å². The molecular formula is C18H13F3N2O4S. The molecule has 2 aromatic rings. The molecule has 0 aliphatic carbocycles. The van der Waals surface area contributed by atoms with Crippen molar-refractivity contribution in [3.63, 3.8) is 0 Å². The van der Waals surface area contributed by atoms with Gasteiger partial charge >= 0.3 is 12.1 Å². The predicted octanol–water partition coefficient (Wildman–Crippen LogP) is 3.55. The standard InChI is InChI=1S/C18H13F3N2O4S/c19-18(20,21)11-3-1-2-4-12(11)22-15(24)8-27-17(26)10-5-6-14-13(7-10)23-16(25)9-28-14/h1-7H,8-9H2,(H,22,24)(H,23,25). The van der Waals surface area contributed by atoms with Crippen LogP contribution < -0.4 is 10.6 Å². The second kappa shape index (κ2) is 7.93. The Labute approximate surface area is 161 Å². The van der Waals surface area contributed by atoms with Crippen molar-refractivity contribution in [1.82, 2.24) is 0 Å². The lowest BCUT2D eigenvalue weighted by Gasteiger charge is -2.16. The van der Waals surface area contributed by atoms with E-state index in [0.717, 1.165) is 17.0 Å². The summed E-state index contributed by atoms with van der Waals surface area (Å²) < 4.78 is 43.6. The van der Waals surface area contributed by atoms with Crippen LogP contribution in [0.5, 0.6) is 0 Å². The Kier molecular flexibility index (Phi) is 5.59. The van der Waals surface area contributed by atoms with E-state index in [9.17, 15) is 27.6 Å². The van der Waals surface area contributed by atoms with E-state index in [-0.39, 0.29) is 17.2 Å². The molecule has 0 aromatic heterocycles. The van der Waals surface area contributed by atoms with Gasteiger partial charge in [0, 0.05) is 4.90 Å². The SMILES string of the molecule is O=C1CSc2ccc(C(=O)OCC(=O)Nc3ccccc3C(F)(F)F)cc2N1. The van der Waals surface area contributed by atoms with E-state index in [4.69, 9.17) is 4.74 Å². The van der Waals surface area contributed by atoms with Gasteiger partial charge in [0.2, 0.25) is 5.91 Å². The lowest BCUT2D eigenvalue weighted by atomic mass is 10.1. The molecule has 1 aliphatic rings. The number of amides is 2. The number of hydrogen-bond donors (Lipinski definition) is 2. The summed E-state index contributed by atoms with van der Waals surface area (Å²) in [5.41, 5.74) is -0.869. The van der Waals surface area contributed by atoms with Gasteiger partial charge in [-0.05, 0) is 30.3 Å². The Bertz CT molecular complexity index is 947. The number of para-hydroxylation sites is 1. The molecule has 0 unspecified atom stereocenters. The molecule has 1 heterocycles. The number of esters is 1. The Balaban J connectivity index is 1.62. The normalized spacial score (nSPS) is 13.3. The number of ether oxygens (including phenoxy) is 1. The Morgan fingerprint density at radius 3 is 2.68 bits per heavy atom. The minimum Gasteiger partial charge on any atom is -0.452 e. The summed E-state index contributed by atoms with van der Waals surface area (Å²) in [6, 6.07) is 9.01. The average Bonchev–Trinajstić information content (AvgIpc) is 2.65. The summed E-state index contributed by atoms with van der Waals surface area (Å²) in [6.45, 7) is -0.761. The quantitative estimate of drug-likeness (QED) is 0.754. The summed E-state index contributed by atoms with van der Waals surface area (Å²) in [7, 11) is 0. The van der Waals surface area contributed by atoms with E-state index in [1.807, 2.05) is 0 Å². The highest BCUT2D eigenvalue weighted by atomic mass is 32.2. The number of anilines is 2. The predicted molar refractivity (Wildman–Crippen MR) is 96.2 cm³/mol. The smallest absolute Gasteiger partial charge is 0.418 e. The highest BCUT2D eigenvalue weighted by Gasteiger charge is 2.33. The lowest BCUT2D eigenvalue weighted by Crippen LogP contribution is -2.23. The van der Waals surface area contributed by atoms with E-state index in [1.54, 1.807) is 6.07 Å². The molecule has 0 fully saturated rings. The van der Waals surface area contributed by atoms with E-state index < -0.39 is 35.9 Å². The van der Waals surface area contributed by atoms with Crippen LogP contribution in [-0.4, -0.2) is 30.1 Å². The van der Waals surface area contributed by atoms with Crippen LogP contribution in [0.4, 0.5) is 24.5 Å². The van der Waals surface area contributed by atoms with E-state index in [0.29, 0.717) is 5.69 Å². The number of carbonyl (C=O) groups is 3. The first-order chi connectivity index (χ1) is 13.2. The largest absolute Gasteiger partial charge is 0.452 e. The van der Waals surface area contributed by atoms with Crippen LogP contribution in [0.25, 0.3) is 0 Å². The second-order valence-electron chi connectivity index (χ2n) is 5.72. The van der Waals surface area contributed by atoms with Gasteiger partial charge in [-0.1, -0.05) is 12.1 Å². The summed E-state index contributed by atoms with van der Waals surface area (Å²) in [4.78, 5) is 36.2. The monoisotopic (exact) mass is 410 g/mol. The summed E-state index contributed by atoms with van der Waals surface area (Å²) in [6.07, 6.45) is -4.63.